The second kappa shape index (κ2) is 8.19. The summed E-state index contributed by atoms with van der Waals surface area (Å²) in [5.74, 6) is 0. The van der Waals surface area contributed by atoms with E-state index in [4.69, 9.17) is 0 Å². The molecule has 8 heteroatoms. The van der Waals surface area contributed by atoms with Gasteiger partial charge in [-0.15, -0.1) is 0 Å². The Labute approximate surface area is 187 Å². The van der Waals surface area contributed by atoms with Crippen molar-refractivity contribution in [3.05, 3.63) is 78.5 Å². The van der Waals surface area contributed by atoms with Crippen LogP contribution in [0.5, 0.6) is 0 Å². The van der Waals surface area contributed by atoms with Crippen LogP contribution in [0.25, 0.3) is 16.7 Å². The first-order valence-corrected chi connectivity index (χ1v) is 11.0. The maximum Gasteiger partial charge on any atom is 0.329 e. The Morgan fingerprint density at radius 3 is 2.35 bits per heavy atom. The Balaban J connectivity index is 1.80. The number of nitrogens with one attached hydrogen (secondary N) is 1. The van der Waals surface area contributed by atoms with Gasteiger partial charge in [0.1, 0.15) is 0 Å². The molecule has 0 unspecified atom stereocenters. The molecule has 0 spiro atoms. The molecule has 1 N–H and O–H groups in total. The lowest BCUT2D eigenvalue weighted by molar-refractivity contribution is 0.671. The van der Waals surface area contributed by atoms with Crippen LogP contribution in [0.4, 0.5) is 5.69 Å². The second-order valence-corrected chi connectivity index (χ2v) is 8.31. The van der Waals surface area contributed by atoms with Gasteiger partial charge in [-0.2, -0.15) is 0 Å². The van der Waals surface area contributed by atoms with Gasteiger partial charge in [-0.1, -0.05) is 12.1 Å². The van der Waals surface area contributed by atoms with Crippen molar-refractivity contribution in [3.8, 4) is 5.69 Å². The third kappa shape index (κ3) is 3.61. The first-order chi connectivity index (χ1) is 14.8. The maximum absolute atomic E-state index is 13.0. The molecule has 0 aliphatic heterocycles. The van der Waals surface area contributed by atoms with E-state index in [9.17, 15) is 9.59 Å². The van der Waals surface area contributed by atoms with Crippen LogP contribution in [-0.2, 0) is 13.1 Å². The van der Waals surface area contributed by atoms with Gasteiger partial charge in [-0.25, -0.2) is 9.48 Å². The van der Waals surface area contributed by atoms with Crippen LogP contribution in [0, 0.1) is 13.8 Å². The van der Waals surface area contributed by atoms with Crippen LogP contribution in [0.1, 0.15) is 30.7 Å². The first kappa shape index (κ1) is 21.1. The molecule has 31 heavy (non-hydrogen) atoms. The minimum atomic E-state index is -0.161. The zero-order valence-electron chi connectivity index (χ0n) is 17.9. The van der Waals surface area contributed by atoms with Gasteiger partial charge in [0.2, 0.25) is 0 Å². The molecule has 0 fully saturated rings. The summed E-state index contributed by atoms with van der Waals surface area (Å²) in [6.45, 7) is 8.91. The number of hydrogen-bond donors (Lipinski definition) is 1. The van der Waals surface area contributed by atoms with Crippen molar-refractivity contribution in [2.45, 2.75) is 40.8 Å². The van der Waals surface area contributed by atoms with Gasteiger partial charge >= 0.3 is 5.69 Å². The van der Waals surface area contributed by atoms with Gasteiger partial charge < -0.3 is 0 Å². The van der Waals surface area contributed by atoms with Crippen LogP contribution >= 0.6 is 15.9 Å². The van der Waals surface area contributed by atoms with Crippen LogP contribution in [0.3, 0.4) is 0 Å². The average molecular weight is 482 g/mol. The van der Waals surface area contributed by atoms with Crippen molar-refractivity contribution in [2.24, 2.45) is 4.99 Å². The molecular weight excluding hydrogens is 458 g/mol. The molecule has 0 saturated heterocycles. The third-order valence-electron chi connectivity index (χ3n) is 5.43. The zero-order valence-corrected chi connectivity index (χ0v) is 19.5. The zero-order chi connectivity index (χ0) is 22.3. The summed E-state index contributed by atoms with van der Waals surface area (Å²) in [4.78, 5) is 30.2. The Bertz CT molecular complexity index is 1430. The van der Waals surface area contributed by atoms with Gasteiger partial charge in [-0.3, -0.25) is 24.0 Å². The molecule has 0 atom stereocenters. The minimum absolute atomic E-state index is 0.0319. The molecule has 0 aliphatic rings. The Kier molecular flexibility index (Phi) is 5.58. The second-order valence-electron chi connectivity index (χ2n) is 7.45. The van der Waals surface area contributed by atoms with E-state index in [1.165, 1.54) is 4.68 Å². The summed E-state index contributed by atoms with van der Waals surface area (Å²) in [6.07, 6.45) is 1.58. The summed E-state index contributed by atoms with van der Waals surface area (Å²) >= 11 is 3.57. The van der Waals surface area contributed by atoms with Crippen molar-refractivity contribution in [3.63, 3.8) is 0 Å². The molecule has 4 aromatic rings. The topological polar surface area (TPSA) is 77.1 Å². The fraction of sp³-hybridized carbons (Fsp3) is 0.261. The van der Waals surface area contributed by atoms with Crippen LogP contribution < -0.4 is 11.2 Å². The number of hydrogen-bond acceptors (Lipinski definition) is 3. The number of halogens is 1. The van der Waals surface area contributed by atoms with Gasteiger partial charge in [0.15, 0.2) is 0 Å². The molecule has 0 amide bonds. The third-order valence-corrected chi connectivity index (χ3v) is 6.06. The van der Waals surface area contributed by atoms with Crippen molar-refractivity contribution in [1.82, 2.24) is 18.9 Å². The highest BCUT2D eigenvalue weighted by atomic mass is 79.9. The van der Waals surface area contributed by atoms with E-state index >= 15 is 0 Å². The molecule has 2 aromatic heterocycles. The number of aromatic amines is 1. The van der Waals surface area contributed by atoms with E-state index in [1.54, 1.807) is 15.3 Å². The maximum atomic E-state index is 13.0. The first-order valence-electron chi connectivity index (χ1n) is 10.2. The number of imidazole rings is 1. The highest BCUT2D eigenvalue weighted by molar-refractivity contribution is 9.10. The number of nitrogens with zero attached hydrogens (tertiary/aromatic N) is 4. The lowest BCUT2D eigenvalue weighted by atomic mass is 10.2. The highest BCUT2D eigenvalue weighted by Crippen LogP contribution is 2.30. The number of fused-ring (bicyclic) bond motifs is 1. The van der Waals surface area contributed by atoms with Gasteiger partial charge in [0.25, 0.3) is 5.56 Å². The monoisotopic (exact) mass is 481 g/mol. The molecule has 0 saturated carbocycles. The van der Waals surface area contributed by atoms with Crippen molar-refractivity contribution in [2.75, 3.05) is 0 Å². The van der Waals surface area contributed by atoms with Gasteiger partial charge in [-0.05, 0) is 73.5 Å². The molecular formula is C23H24BrN5O2. The summed E-state index contributed by atoms with van der Waals surface area (Å²) in [7, 11) is 0. The SMILES string of the molecule is CCn1c(=O)n(CC)c2cc(N=Cc3c(C)[nH]n(-c4cccc(C)c4)c3=O)c(Br)cc21. The Morgan fingerprint density at radius 1 is 1.03 bits per heavy atom. The Hall–Kier alpha value is -3.13. The molecule has 160 valence electrons. The smallest absolute Gasteiger partial charge is 0.295 e. The number of aliphatic imine (C=N–C) groups is 1. The normalized spacial score (nSPS) is 11.8. The molecule has 0 bridgehead atoms. The fourth-order valence-electron chi connectivity index (χ4n) is 3.83. The molecule has 2 aromatic carbocycles. The standard InChI is InChI=1S/C23H24BrN5O2/c1-5-27-20-11-18(24)19(12-21(20)28(6-2)23(27)31)25-13-17-15(4)26-29(22(17)30)16-9-7-8-14(3)10-16/h7-13,26H,5-6H2,1-4H3. The van der Waals surface area contributed by atoms with E-state index < -0.39 is 0 Å². The van der Waals surface area contributed by atoms with Gasteiger partial charge in [0.05, 0.1) is 28.0 Å². The predicted octanol–water partition coefficient (Wildman–Crippen LogP) is 4.45. The van der Waals surface area contributed by atoms with E-state index in [-0.39, 0.29) is 11.2 Å². The van der Waals surface area contributed by atoms with Crippen LogP contribution in [-0.4, -0.2) is 25.1 Å². The van der Waals surface area contributed by atoms with Crippen molar-refractivity contribution in [1.29, 1.82) is 0 Å². The molecule has 2 heterocycles. The van der Waals surface area contributed by atoms with Crippen LogP contribution in [0.15, 0.2) is 55.5 Å². The molecule has 7 nitrogen and oxygen atoms in total. The lowest BCUT2D eigenvalue weighted by Gasteiger charge is -2.03. The number of aromatic nitrogens is 4. The molecule has 4 rings (SSSR count). The fourth-order valence-corrected chi connectivity index (χ4v) is 4.26. The number of H-pyrrole nitrogens is 1. The number of aryl methyl sites for hydroxylation is 4. The summed E-state index contributed by atoms with van der Waals surface area (Å²) in [6, 6.07) is 11.5. The minimum Gasteiger partial charge on any atom is -0.295 e. The molecule has 0 aliphatic carbocycles. The van der Waals surface area contributed by atoms with Gasteiger partial charge in [0, 0.05) is 29.5 Å². The quantitative estimate of drug-likeness (QED) is 0.427. The van der Waals surface area contributed by atoms with Crippen LogP contribution in [0.2, 0.25) is 0 Å². The molecule has 0 radical (unpaired) electrons. The largest absolute Gasteiger partial charge is 0.329 e. The van der Waals surface area contributed by atoms with E-state index in [2.05, 4.69) is 26.0 Å². The summed E-state index contributed by atoms with van der Waals surface area (Å²) in [5.41, 5.74) is 5.23. The lowest BCUT2D eigenvalue weighted by Crippen LogP contribution is -2.22. The van der Waals surface area contributed by atoms with E-state index in [0.29, 0.717) is 24.3 Å². The average Bonchev–Trinajstić information content (AvgIpc) is 3.17. The summed E-state index contributed by atoms with van der Waals surface area (Å²) in [5, 5.41) is 3.13. The Morgan fingerprint density at radius 2 is 1.71 bits per heavy atom. The highest BCUT2D eigenvalue weighted by Gasteiger charge is 2.15. The summed E-state index contributed by atoms with van der Waals surface area (Å²) < 4.78 is 5.77. The van der Waals surface area contributed by atoms with E-state index in [1.807, 2.05) is 64.1 Å². The number of benzene rings is 2. The predicted molar refractivity (Wildman–Crippen MR) is 128 cm³/mol. The van der Waals surface area contributed by atoms with Crippen molar-refractivity contribution >= 4 is 38.9 Å². The van der Waals surface area contributed by atoms with E-state index in [0.717, 1.165) is 32.5 Å². The number of rotatable bonds is 5. The van der Waals surface area contributed by atoms with Crippen molar-refractivity contribution < 1.29 is 0 Å².